The third kappa shape index (κ3) is 12.9. The zero-order valence-electron chi connectivity index (χ0n) is 30.9. The summed E-state index contributed by atoms with van der Waals surface area (Å²) in [6.07, 6.45) is 11.0. The zero-order chi connectivity index (χ0) is 36.7. The number of carbonyl (C=O) groups excluding carboxylic acids is 2. The molecule has 0 saturated carbocycles. The summed E-state index contributed by atoms with van der Waals surface area (Å²) >= 11 is 0. The Balaban J connectivity index is 3.59. The minimum atomic E-state index is -1.22. The third-order valence-corrected chi connectivity index (χ3v) is 9.45. The number of ether oxygens (including phenoxy) is 3. The monoisotopic (exact) mass is 674 g/mol. The summed E-state index contributed by atoms with van der Waals surface area (Å²) in [5.74, 6) is -3.92. The number of hydrogen-bond donors (Lipinski definition) is 4. The van der Waals surface area contributed by atoms with Crippen molar-refractivity contribution in [1.29, 1.82) is 0 Å². The quantitative estimate of drug-likeness (QED) is 0.124. The van der Waals surface area contributed by atoms with Crippen LogP contribution < -0.4 is 0 Å². The molecule has 272 valence electrons. The van der Waals surface area contributed by atoms with E-state index in [9.17, 15) is 30.0 Å². The van der Waals surface area contributed by atoms with Gasteiger partial charge in [0.2, 0.25) is 5.76 Å². The van der Waals surface area contributed by atoms with Crippen molar-refractivity contribution in [3.8, 4) is 0 Å². The zero-order valence-corrected chi connectivity index (χ0v) is 30.9. The van der Waals surface area contributed by atoms with E-state index in [0.29, 0.717) is 18.4 Å². The molecule has 12 atom stereocenters. The Morgan fingerprint density at radius 1 is 1.08 bits per heavy atom. The second-order valence-electron chi connectivity index (χ2n) is 13.5. The molecule has 1 aliphatic rings. The van der Waals surface area contributed by atoms with Crippen LogP contribution in [0.4, 0.5) is 0 Å². The molecule has 0 fully saturated rings. The van der Waals surface area contributed by atoms with Crippen LogP contribution in [0.3, 0.4) is 0 Å². The van der Waals surface area contributed by atoms with E-state index < -0.39 is 54.4 Å². The molecule has 1 rings (SSSR count). The fourth-order valence-corrected chi connectivity index (χ4v) is 6.17. The molecular formula is C39H62O9. The van der Waals surface area contributed by atoms with Gasteiger partial charge in [-0.05, 0) is 51.7 Å². The minimum absolute atomic E-state index is 0.0887. The Kier molecular flexibility index (Phi) is 19.2. The first-order valence-electron chi connectivity index (χ1n) is 17.1. The molecule has 0 bridgehead atoms. The van der Waals surface area contributed by atoms with Crippen LogP contribution in [-0.2, 0) is 23.8 Å². The van der Waals surface area contributed by atoms with Gasteiger partial charge in [-0.2, -0.15) is 0 Å². The van der Waals surface area contributed by atoms with Crippen LogP contribution in [0, 0.1) is 35.5 Å². The van der Waals surface area contributed by atoms with E-state index in [0.717, 1.165) is 5.57 Å². The number of carbonyl (C=O) groups is 2. The first-order valence-corrected chi connectivity index (χ1v) is 17.1. The topological polar surface area (TPSA) is 143 Å². The van der Waals surface area contributed by atoms with Crippen molar-refractivity contribution < 1.29 is 44.2 Å². The van der Waals surface area contributed by atoms with Crippen LogP contribution >= 0.6 is 0 Å². The van der Waals surface area contributed by atoms with Crippen LogP contribution in [0.2, 0.25) is 0 Å². The summed E-state index contributed by atoms with van der Waals surface area (Å²) in [4.78, 5) is 26.6. The molecule has 0 radical (unpaired) electrons. The van der Waals surface area contributed by atoms with Crippen molar-refractivity contribution in [2.45, 2.75) is 112 Å². The molecule has 12 unspecified atom stereocenters. The summed E-state index contributed by atoms with van der Waals surface area (Å²) in [6.45, 7) is 16.4. The van der Waals surface area contributed by atoms with Gasteiger partial charge in [-0.25, -0.2) is 4.79 Å². The average molecular weight is 675 g/mol. The molecular weight excluding hydrogens is 612 g/mol. The van der Waals surface area contributed by atoms with Crippen LogP contribution in [-0.4, -0.2) is 83.0 Å². The van der Waals surface area contributed by atoms with Gasteiger partial charge in [0, 0.05) is 36.7 Å². The van der Waals surface area contributed by atoms with E-state index in [1.54, 1.807) is 65.0 Å². The van der Waals surface area contributed by atoms with Crippen molar-refractivity contribution in [3.63, 3.8) is 0 Å². The maximum Gasteiger partial charge on any atom is 0.373 e. The predicted molar refractivity (Wildman–Crippen MR) is 190 cm³/mol. The van der Waals surface area contributed by atoms with Gasteiger partial charge >= 0.3 is 5.97 Å². The van der Waals surface area contributed by atoms with E-state index in [4.69, 9.17) is 14.2 Å². The van der Waals surface area contributed by atoms with Gasteiger partial charge in [-0.1, -0.05) is 95.2 Å². The highest BCUT2D eigenvalue weighted by Gasteiger charge is 2.38. The van der Waals surface area contributed by atoms with E-state index in [-0.39, 0.29) is 35.2 Å². The maximum absolute atomic E-state index is 13.6. The average Bonchev–Trinajstić information content (AvgIpc) is 3.05. The van der Waals surface area contributed by atoms with Crippen molar-refractivity contribution in [2.75, 3.05) is 14.2 Å². The van der Waals surface area contributed by atoms with Gasteiger partial charge in [-0.15, -0.1) is 0 Å². The Morgan fingerprint density at radius 2 is 1.73 bits per heavy atom. The summed E-state index contributed by atoms with van der Waals surface area (Å²) in [7, 11) is 2.83. The van der Waals surface area contributed by atoms with Gasteiger partial charge in [0.05, 0.1) is 31.5 Å². The molecule has 0 aliphatic carbocycles. The van der Waals surface area contributed by atoms with E-state index in [1.807, 2.05) is 39.8 Å². The summed E-state index contributed by atoms with van der Waals surface area (Å²) in [6, 6.07) is 0. The minimum Gasteiger partial charge on any atom is -0.490 e. The van der Waals surface area contributed by atoms with Crippen molar-refractivity contribution >= 4 is 11.8 Å². The second kappa shape index (κ2) is 21.3. The SMILES string of the molecule is C/C=C/C(O)C(C)/C=C/C(=O)C(C)C(O)C(C)C1OC(=O)/C(OC)=C/C(C)=C/C(C)C(O)C(CC)C(O)C(C)C/C(C)=C/C=C/C1OC. The number of hydrogen-bond acceptors (Lipinski definition) is 9. The molecule has 0 aromatic carbocycles. The van der Waals surface area contributed by atoms with Gasteiger partial charge < -0.3 is 34.6 Å². The second-order valence-corrected chi connectivity index (χ2v) is 13.5. The molecule has 0 spiro atoms. The van der Waals surface area contributed by atoms with Crippen molar-refractivity contribution in [2.24, 2.45) is 35.5 Å². The normalized spacial score (nSPS) is 34.2. The predicted octanol–water partition coefficient (Wildman–Crippen LogP) is 5.65. The van der Waals surface area contributed by atoms with Crippen molar-refractivity contribution in [3.05, 3.63) is 71.6 Å². The standard InChI is InChI=1S/C39H62O9/c1-12-15-31(40)25(5)18-19-32(41)28(8)37(44)29(9)38-33(46-10)17-14-16-23(3)20-26(6)35(42)30(13-2)36(43)27(7)21-24(4)22-34(47-11)39(45)48-38/h12,14-19,21-22,25-31,33,35-38,40,42-44H,13,20H2,1-11H3/b15-12+,17-14+,19-18+,23-16+,24-21+,34-22-. The van der Waals surface area contributed by atoms with E-state index in [2.05, 4.69) is 0 Å². The first kappa shape index (κ1) is 43.2. The lowest BCUT2D eigenvalue weighted by Crippen LogP contribution is -2.45. The lowest BCUT2D eigenvalue weighted by Gasteiger charge is -2.34. The molecule has 48 heavy (non-hydrogen) atoms. The Hall–Kier alpha value is -2.82. The van der Waals surface area contributed by atoms with Crippen LogP contribution in [0.25, 0.3) is 0 Å². The van der Waals surface area contributed by atoms with Crippen LogP contribution in [0.5, 0.6) is 0 Å². The molecule has 0 aromatic rings. The van der Waals surface area contributed by atoms with Gasteiger partial charge in [0.1, 0.15) is 12.2 Å². The molecule has 9 nitrogen and oxygen atoms in total. The molecule has 4 N–H and O–H groups in total. The molecule has 0 saturated heterocycles. The number of aliphatic hydroxyl groups excluding tert-OH is 4. The van der Waals surface area contributed by atoms with Gasteiger partial charge in [-0.3, -0.25) is 4.79 Å². The van der Waals surface area contributed by atoms with Gasteiger partial charge in [0.15, 0.2) is 5.78 Å². The largest absolute Gasteiger partial charge is 0.490 e. The highest BCUT2D eigenvalue weighted by atomic mass is 16.6. The smallest absolute Gasteiger partial charge is 0.373 e. The van der Waals surface area contributed by atoms with Gasteiger partial charge in [0.25, 0.3) is 0 Å². The molecule has 9 heteroatoms. The number of cyclic esters (lactones) is 1. The summed E-state index contributed by atoms with van der Waals surface area (Å²) < 4.78 is 17.2. The van der Waals surface area contributed by atoms with Crippen LogP contribution in [0.15, 0.2) is 71.6 Å². The highest BCUT2D eigenvalue weighted by Crippen LogP contribution is 2.30. The molecule has 1 aliphatic heterocycles. The number of aliphatic hydroxyl groups is 4. The fraction of sp³-hybridized carbons (Fsp3) is 0.641. The number of ketones is 1. The lowest BCUT2D eigenvalue weighted by molar-refractivity contribution is -0.162. The number of esters is 1. The number of rotatable bonds is 11. The Bertz CT molecular complexity index is 1200. The Labute approximate surface area is 288 Å². The summed E-state index contributed by atoms with van der Waals surface area (Å²) in [5.41, 5.74) is 1.65. The summed E-state index contributed by atoms with van der Waals surface area (Å²) in [5, 5.41) is 44.0. The molecule has 0 amide bonds. The maximum atomic E-state index is 13.6. The fourth-order valence-electron chi connectivity index (χ4n) is 6.17. The number of methoxy groups -OCH3 is 2. The lowest BCUT2D eigenvalue weighted by atomic mass is 9.79. The molecule has 0 aromatic heterocycles. The van der Waals surface area contributed by atoms with Crippen LogP contribution in [0.1, 0.15) is 75.2 Å². The number of allylic oxidation sites excluding steroid dienone is 7. The highest BCUT2D eigenvalue weighted by molar-refractivity contribution is 5.92. The first-order chi connectivity index (χ1) is 22.5. The van der Waals surface area contributed by atoms with Crippen molar-refractivity contribution in [1.82, 2.24) is 0 Å². The van der Waals surface area contributed by atoms with E-state index in [1.165, 1.54) is 26.4 Å². The Morgan fingerprint density at radius 3 is 2.29 bits per heavy atom. The van der Waals surface area contributed by atoms with E-state index >= 15 is 0 Å². The third-order valence-electron chi connectivity index (χ3n) is 9.45. The molecule has 1 heterocycles.